The Labute approximate surface area is 170 Å². The first-order chi connectivity index (χ1) is 13.9. The summed E-state index contributed by atoms with van der Waals surface area (Å²) in [5.41, 5.74) is 0.787. The lowest BCUT2D eigenvalue weighted by Gasteiger charge is -2.34. The highest BCUT2D eigenvalue weighted by molar-refractivity contribution is 7.89. The lowest BCUT2D eigenvalue weighted by Crippen LogP contribution is -2.46. The van der Waals surface area contributed by atoms with Gasteiger partial charge in [0.1, 0.15) is 0 Å². The van der Waals surface area contributed by atoms with E-state index in [1.807, 2.05) is 4.90 Å². The monoisotopic (exact) mass is 421 g/mol. The van der Waals surface area contributed by atoms with Crippen LogP contribution in [0.5, 0.6) is 0 Å². The zero-order valence-electron chi connectivity index (χ0n) is 16.7. The summed E-state index contributed by atoms with van der Waals surface area (Å²) in [6, 6.07) is 4.47. The number of fused-ring (bicyclic) bond motifs is 1. The van der Waals surface area contributed by atoms with Gasteiger partial charge in [-0.1, -0.05) is 12.8 Å². The molecule has 0 aliphatic carbocycles. The van der Waals surface area contributed by atoms with Crippen molar-refractivity contribution < 1.29 is 17.6 Å². The predicted octanol–water partition coefficient (Wildman–Crippen LogP) is 1.93. The Kier molecular flexibility index (Phi) is 5.52. The molecule has 0 radical (unpaired) electrons. The molecule has 1 atom stereocenters. The van der Waals surface area contributed by atoms with Crippen molar-refractivity contribution in [3.05, 3.63) is 28.7 Å². The van der Waals surface area contributed by atoms with Crippen LogP contribution in [0.25, 0.3) is 11.1 Å². The van der Waals surface area contributed by atoms with Crippen LogP contribution in [0.4, 0.5) is 0 Å². The molecule has 0 unspecified atom stereocenters. The third-order valence-corrected chi connectivity index (χ3v) is 7.91. The molecule has 2 fully saturated rings. The highest BCUT2D eigenvalue weighted by Crippen LogP contribution is 2.27. The van der Waals surface area contributed by atoms with Gasteiger partial charge in [-0.2, -0.15) is 4.31 Å². The summed E-state index contributed by atoms with van der Waals surface area (Å²) in [6.45, 7) is 2.13. The molecule has 4 rings (SSSR count). The molecule has 8 nitrogen and oxygen atoms in total. The van der Waals surface area contributed by atoms with E-state index in [1.54, 1.807) is 13.1 Å². The number of piperidine rings is 1. The number of aromatic nitrogens is 1. The Balaban J connectivity index is 1.55. The number of aryl methyl sites for hydroxylation is 1. The Morgan fingerprint density at radius 3 is 2.52 bits per heavy atom. The molecular formula is C20H27N3O5S. The number of carbonyl (C=O) groups excluding carboxylic acids is 1. The van der Waals surface area contributed by atoms with Gasteiger partial charge in [0.05, 0.1) is 16.3 Å². The van der Waals surface area contributed by atoms with Gasteiger partial charge in [0.15, 0.2) is 5.58 Å². The molecule has 158 valence electrons. The number of rotatable bonds is 3. The summed E-state index contributed by atoms with van der Waals surface area (Å²) in [6.07, 6.45) is 5.70. The zero-order valence-corrected chi connectivity index (χ0v) is 17.5. The average molecular weight is 422 g/mol. The van der Waals surface area contributed by atoms with Gasteiger partial charge in [-0.15, -0.1) is 0 Å². The molecule has 1 amide bonds. The number of carbonyl (C=O) groups is 1. The van der Waals surface area contributed by atoms with E-state index in [0.717, 1.165) is 38.8 Å². The molecule has 9 heteroatoms. The van der Waals surface area contributed by atoms with Crippen LogP contribution < -0.4 is 5.76 Å². The number of nitrogens with zero attached hydrogens (tertiary/aromatic N) is 3. The molecule has 3 heterocycles. The van der Waals surface area contributed by atoms with E-state index in [-0.39, 0.29) is 28.8 Å². The molecule has 0 spiro atoms. The molecule has 0 N–H and O–H groups in total. The number of sulfonamides is 1. The van der Waals surface area contributed by atoms with Crippen LogP contribution in [0.15, 0.2) is 32.3 Å². The topological polar surface area (TPSA) is 92.8 Å². The highest BCUT2D eigenvalue weighted by Gasteiger charge is 2.35. The maximum absolute atomic E-state index is 13.2. The second-order valence-corrected chi connectivity index (χ2v) is 9.94. The standard InChI is InChI=1S/C20H27N3O5S/c1-21-17-9-8-16(13-18(17)28-20(21)25)29(26,27)23-12-6-7-15(14-23)19(24)22-10-4-2-3-5-11-22/h8-9,13,15H,2-7,10-12,14H2,1H3/t15-/m0/s1. The second kappa shape index (κ2) is 7.95. The van der Waals surface area contributed by atoms with Crippen molar-refractivity contribution in [3.8, 4) is 0 Å². The number of benzene rings is 1. The molecule has 2 aromatic rings. The number of amides is 1. The maximum Gasteiger partial charge on any atom is 0.419 e. The van der Waals surface area contributed by atoms with E-state index in [2.05, 4.69) is 0 Å². The summed E-state index contributed by atoms with van der Waals surface area (Å²) in [5.74, 6) is -0.748. The van der Waals surface area contributed by atoms with Gasteiger partial charge in [-0.3, -0.25) is 9.36 Å². The van der Waals surface area contributed by atoms with Gasteiger partial charge in [0, 0.05) is 39.3 Å². The van der Waals surface area contributed by atoms with E-state index < -0.39 is 15.8 Å². The lowest BCUT2D eigenvalue weighted by molar-refractivity contribution is -0.136. The third kappa shape index (κ3) is 3.85. The first-order valence-corrected chi connectivity index (χ1v) is 11.7. The number of hydrogen-bond donors (Lipinski definition) is 0. The SMILES string of the molecule is Cn1c(=O)oc2cc(S(=O)(=O)N3CCC[C@H](C(=O)N4CCCCCC4)C3)ccc21. The zero-order chi connectivity index (χ0) is 20.6. The summed E-state index contributed by atoms with van der Waals surface area (Å²) in [4.78, 5) is 26.7. The van der Waals surface area contributed by atoms with Crippen LogP contribution in [0.3, 0.4) is 0 Å². The van der Waals surface area contributed by atoms with Gasteiger partial charge >= 0.3 is 5.76 Å². The minimum Gasteiger partial charge on any atom is -0.408 e. The summed E-state index contributed by atoms with van der Waals surface area (Å²) in [5, 5.41) is 0. The smallest absolute Gasteiger partial charge is 0.408 e. The van der Waals surface area contributed by atoms with E-state index >= 15 is 0 Å². The van der Waals surface area contributed by atoms with E-state index in [9.17, 15) is 18.0 Å². The number of hydrogen-bond acceptors (Lipinski definition) is 5. The van der Waals surface area contributed by atoms with Crippen molar-refractivity contribution in [1.29, 1.82) is 0 Å². The largest absolute Gasteiger partial charge is 0.419 e. The van der Waals surface area contributed by atoms with Gasteiger partial charge in [0.2, 0.25) is 15.9 Å². The van der Waals surface area contributed by atoms with E-state index in [1.165, 1.54) is 21.0 Å². The molecule has 29 heavy (non-hydrogen) atoms. The maximum atomic E-state index is 13.2. The van der Waals surface area contributed by atoms with Crippen LogP contribution >= 0.6 is 0 Å². The quantitative estimate of drug-likeness (QED) is 0.755. The molecular weight excluding hydrogens is 394 g/mol. The van der Waals surface area contributed by atoms with Crippen LogP contribution in [-0.2, 0) is 21.9 Å². The fourth-order valence-electron chi connectivity index (χ4n) is 4.34. The van der Waals surface area contributed by atoms with Crippen molar-refractivity contribution in [2.75, 3.05) is 26.2 Å². The van der Waals surface area contributed by atoms with Gasteiger partial charge in [0.25, 0.3) is 0 Å². The van der Waals surface area contributed by atoms with Crippen LogP contribution in [-0.4, -0.2) is 54.3 Å². The summed E-state index contributed by atoms with van der Waals surface area (Å²) < 4.78 is 34.3. The van der Waals surface area contributed by atoms with Gasteiger partial charge in [-0.25, -0.2) is 13.2 Å². The van der Waals surface area contributed by atoms with Gasteiger partial charge in [-0.05, 0) is 37.8 Å². The molecule has 1 aromatic carbocycles. The summed E-state index contributed by atoms with van der Waals surface area (Å²) >= 11 is 0. The van der Waals surface area contributed by atoms with Crippen LogP contribution in [0, 0.1) is 5.92 Å². The molecule has 2 aliphatic heterocycles. The fraction of sp³-hybridized carbons (Fsp3) is 0.600. The lowest BCUT2D eigenvalue weighted by atomic mass is 9.98. The molecule has 2 saturated heterocycles. The predicted molar refractivity (Wildman–Crippen MR) is 108 cm³/mol. The number of likely N-dealkylation sites (tertiary alicyclic amines) is 1. The normalized spacial score (nSPS) is 22.0. The first kappa shape index (κ1) is 20.2. The Morgan fingerprint density at radius 2 is 1.79 bits per heavy atom. The van der Waals surface area contributed by atoms with Crippen LogP contribution in [0.2, 0.25) is 0 Å². The minimum absolute atomic E-state index is 0.0799. The Hall–Kier alpha value is -2.13. The molecule has 1 aromatic heterocycles. The Bertz CT molecular complexity index is 1060. The van der Waals surface area contributed by atoms with Gasteiger partial charge < -0.3 is 9.32 Å². The van der Waals surface area contributed by atoms with Crippen molar-refractivity contribution in [2.24, 2.45) is 13.0 Å². The third-order valence-electron chi connectivity index (χ3n) is 6.05. The first-order valence-electron chi connectivity index (χ1n) is 10.3. The van der Waals surface area contributed by atoms with Crippen LogP contribution in [0.1, 0.15) is 38.5 Å². The van der Waals surface area contributed by atoms with Crippen molar-refractivity contribution >= 4 is 27.0 Å². The van der Waals surface area contributed by atoms with Crippen molar-refractivity contribution in [2.45, 2.75) is 43.4 Å². The average Bonchev–Trinajstić information content (AvgIpc) is 2.91. The highest BCUT2D eigenvalue weighted by atomic mass is 32.2. The summed E-state index contributed by atoms with van der Waals surface area (Å²) in [7, 11) is -2.19. The molecule has 2 aliphatic rings. The molecule has 0 bridgehead atoms. The minimum atomic E-state index is -3.77. The fourth-order valence-corrected chi connectivity index (χ4v) is 5.88. The van der Waals surface area contributed by atoms with Crippen molar-refractivity contribution in [1.82, 2.24) is 13.8 Å². The second-order valence-electron chi connectivity index (χ2n) is 8.00. The Morgan fingerprint density at radius 1 is 1.07 bits per heavy atom. The molecule has 0 saturated carbocycles. The van der Waals surface area contributed by atoms with Crippen molar-refractivity contribution in [3.63, 3.8) is 0 Å². The number of oxazole rings is 1. The van der Waals surface area contributed by atoms with E-state index in [4.69, 9.17) is 4.42 Å². The van der Waals surface area contributed by atoms with E-state index in [0.29, 0.717) is 24.9 Å².